The first-order valence-corrected chi connectivity index (χ1v) is 6.99. The molecular formula is C11H13BrINO. The molecule has 1 N–H and O–H groups in total. The van der Waals surface area contributed by atoms with E-state index in [0.717, 1.165) is 20.9 Å². The van der Waals surface area contributed by atoms with Crippen molar-refractivity contribution in [2.45, 2.75) is 19.4 Å². The van der Waals surface area contributed by atoms with E-state index < -0.39 is 0 Å². The summed E-state index contributed by atoms with van der Waals surface area (Å²) in [5.41, 5.74) is 0.717. The zero-order valence-corrected chi connectivity index (χ0v) is 12.2. The topological polar surface area (TPSA) is 29.1 Å². The zero-order chi connectivity index (χ0) is 11.3. The lowest BCUT2D eigenvalue weighted by atomic mass is 10.2. The molecule has 1 rings (SSSR count). The van der Waals surface area contributed by atoms with Crippen molar-refractivity contribution in [3.63, 3.8) is 0 Å². The maximum absolute atomic E-state index is 11.7. The molecule has 0 aliphatic rings. The van der Waals surface area contributed by atoms with E-state index in [1.807, 2.05) is 24.3 Å². The van der Waals surface area contributed by atoms with Crippen LogP contribution in [0.1, 0.15) is 23.7 Å². The van der Waals surface area contributed by atoms with Crippen molar-refractivity contribution in [3.05, 3.63) is 33.4 Å². The summed E-state index contributed by atoms with van der Waals surface area (Å²) in [5.74, 6) is -0.00213. The van der Waals surface area contributed by atoms with Crippen molar-refractivity contribution in [1.82, 2.24) is 5.32 Å². The second-order valence-corrected chi connectivity index (χ2v) is 5.13. The van der Waals surface area contributed by atoms with Gasteiger partial charge in [-0.3, -0.25) is 4.79 Å². The van der Waals surface area contributed by atoms with Crippen molar-refractivity contribution in [2.24, 2.45) is 0 Å². The van der Waals surface area contributed by atoms with E-state index in [9.17, 15) is 4.79 Å². The van der Waals surface area contributed by atoms with E-state index in [1.54, 1.807) is 0 Å². The summed E-state index contributed by atoms with van der Waals surface area (Å²) in [7, 11) is 0. The maximum atomic E-state index is 11.7. The first-order valence-electron chi connectivity index (χ1n) is 4.79. The van der Waals surface area contributed by atoms with Gasteiger partial charge >= 0.3 is 0 Å². The monoisotopic (exact) mass is 381 g/mol. The van der Waals surface area contributed by atoms with Crippen molar-refractivity contribution < 1.29 is 4.79 Å². The standard InChI is InChI=1S/C11H13BrINO/c1-2-10(7-12)14-11(15)8-3-5-9(13)6-4-8/h3-6,10H,2,7H2,1H3,(H,14,15). The van der Waals surface area contributed by atoms with Crippen LogP contribution in [0.25, 0.3) is 0 Å². The average molecular weight is 382 g/mol. The third kappa shape index (κ3) is 4.10. The van der Waals surface area contributed by atoms with E-state index in [4.69, 9.17) is 0 Å². The van der Waals surface area contributed by atoms with Gasteiger partial charge in [0, 0.05) is 20.5 Å². The van der Waals surface area contributed by atoms with Gasteiger partial charge in [-0.1, -0.05) is 22.9 Å². The van der Waals surface area contributed by atoms with Gasteiger partial charge in [-0.05, 0) is 53.3 Å². The van der Waals surface area contributed by atoms with Crippen LogP contribution in [0.5, 0.6) is 0 Å². The Bertz CT molecular complexity index is 322. The van der Waals surface area contributed by atoms with Crippen LogP contribution in [-0.4, -0.2) is 17.3 Å². The normalized spacial score (nSPS) is 12.2. The van der Waals surface area contributed by atoms with E-state index in [1.165, 1.54) is 0 Å². The van der Waals surface area contributed by atoms with Gasteiger partial charge in [0.2, 0.25) is 0 Å². The highest BCUT2D eigenvalue weighted by molar-refractivity contribution is 14.1. The first-order chi connectivity index (χ1) is 7.17. The molecule has 0 heterocycles. The Morgan fingerprint density at radius 3 is 2.53 bits per heavy atom. The summed E-state index contributed by atoms with van der Waals surface area (Å²) >= 11 is 5.59. The molecule has 0 bridgehead atoms. The van der Waals surface area contributed by atoms with E-state index in [-0.39, 0.29) is 11.9 Å². The Morgan fingerprint density at radius 2 is 2.07 bits per heavy atom. The van der Waals surface area contributed by atoms with Gasteiger partial charge < -0.3 is 5.32 Å². The van der Waals surface area contributed by atoms with Gasteiger partial charge in [-0.25, -0.2) is 0 Å². The van der Waals surface area contributed by atoms with Crippen LogP contribution in [0, 0.1) is 3.57 Å². The minimum absolute atomic E-state index is 0.00213. The molecule has 0 spiro atoms. The van der Waals surface area contributed by atoms with Gasteiger partial charge in [-0.2, -0.15) is 0 Å². The summed E-state index contributed by atoms with van der Waals surface area (Å²) in [6.07, 6.45) is 0.932. The van der Waals surface area contributed by atoms with Crippen LogP contribution in [0.3, 0.4) is 0 Å². The number of rotatable bonds is 4. The molecule has 1 aromatic carbocycles. The van der Waals surface area contributed by atoms with Crippen LogP contribution >= 0.6 is 38.5 Å². The highest BCUT2D eigenvalue weighted by atomic mass is 127. The number of alkyl halides is 1. The van der Waals surface area contributed by atoms with Crippen molar-refractivity contribution >= 4 is 44.4 Å². The van der Waals surface area contributed by atoms with Crippen molar-refractivity contribution in [2.75, 3.05) is 5.33 Å². The molecule has 0 aliphatic carbocycles. The fraction of sp³-hybridized carbons (Fsp3) is 0.364. The Kier molecular flexibility index (Phi) is 5.60. The molecule has 1 atom stereocenters. The lowest BCUT2D eigenvalue weighted by Crippen LogP contribution is -2.35. The van der Waals surface area contributed by atoms with Gasteiger partial charge in [-0.15, -0.1) is 0 Å². The number of hydrogen-bond donors (Lipinski definition) is 1. The Balaban J connectivity index is 2.64. The first kappa shape index (κ1) is 13.0. The smallest absolute Gasteiger partial charge is 0.251 e. The van der Waals surface area contributed by atoms with Crippen LogP contribution in [0.15, 0.2) is 24.3 Å². The van der Waals surface area contributed by atoms with Crippen LogP contribution < -0.4 is 5.32 Å². The molecule has 0 aromatic heterocycles. The largest absolute Gasteiger partial charge is 0.348 e. The second kappa shape index (κ2) is 6.48. The van der Waals surface area contributed by atoms with Crippen molar-refractivity contribution in [3.8, 4) is 0 Å². The molecule has 0 fully saturated rings. The summed E-state index contributed by atoms with van der Waals surface area (Å²) in [5, 5.41) is 3.76. The van der Waals surface area contributed by atoms with Crippen molar-refractivity contribution in [1.29, 1.82) is 0 Å². The number of benzene rings is 1. The van der Waals surface area contributed by atoms with Crippen LogP contribution in [-0.2, 0) is 0 Å². The van der Waals surface area contributed by atoms with E-state index in [2.05, 4.69) is 50.8 Å². The van der Waals surface area contributed by atoms with Crippen LogP contribution in [0.2, 0.25) is 0 Å². The number of nitrogens with one attached hydrogen (secondary N) is 1. The molecule has 15 heavy (non-hydrogen) atoms. The second-order valence-electron chi connectivity index (χ2n) is 3.24. The molecule has 1 aromatic rings. The summed E-state index contributed by atoms with van der Waals surface area (Å²) in [6, 6.07) is 7.77. The molecule has 0 radical (unpaired) electrons. The average Bonchev–Trinajstić information content (AvgIpc) is 2.26. The predicted octanol–water partition coefficient (Wildman–Crippen LogP) is 3.19. The quantitative estimate of drug-likeness (QED) is 0.629. The molecule has 0 saturated carbocycles. The molecule has 0 saturated heterocycles. The molecular weight excluding hydrogens is 369 g/mol. The third-order valence-corrected chi connectivity index (χ3v) is 3.62. The molecule has 4 heteroatoms. The Hall–Kier alpha value is -0.100. The highest BCUT2D eigenvalue weighted by Crippen LogP contribution is 2.07. The molecule has 2 nitrogen and oxygen atoms in total. The Morgan fingerprint density at radius 1 is 1.47 bits per heavy atom. The van der Waals surface area contributed by atoms with Gasteiger partial charge in [0.25, 0.3) is 5.91 Å². The molecule has 0 aliphatic heterocycles. The van der Waals surface area contributed by atoms with Gasteiger partial charge in [0.05, 0.1) is 0 Å². The summed E-state index contributed by atoms with van der Waals surface area (Å²) < 4.78 is 1.14. The van der Waals surface area contributed by atoms with Gasteiger partial charge in [0.1, 0.15) is 0 Å². The third-order valence-electron chi connectivity index (χ3n) is 2.12. The fourth-order valence-corrected chi connectivity index (χ4v) is 2.10. The van der Waals surface area contributed by atoms with E-state index in [0.29, 0.717) is 0 Å². The SMILES string of the molecule is CCC(CBr)NC(=O)c1ccc(I)cc1. The summed E-state index contributed by atoms with van der Waals surface area (Å²) in [4.78, 5) is 11.7. The summed E-state index contributed by atoms with van der Waals surface area (Å²) in [6.45, 7) is 2.06. The highest BCUT2D eigenvalue weighted by Gasteiger charge is 2.10. The minimum atomic E-state index is -0.00213. The lowest BCUT2D eigenvalue weighted by Gasteiger charge is -2.13. The lowest BCUT2D eigenvalue weighted by molar-refractivity contribution is 0.0940. The number of hydrogen-bond acceptors (Lipinski definition) is 1. The molecule has 1 unspecified atom stereocenters. The molecule has 1 amide bonds. The maximum Gasteiger partial charge on any atom is 0.251 e. The number of halogens is 2. The van der Waals surface area contributed by atoms with Gasteiger partial charge in [0.15, 0.2) is 0 Å². The number of carbonyl (C=O) groups is 1. The number of carbonyl (C=O) groups excluding carboxylic acids is 1. The van der Waals surface area contributed by atoms with Crippen LogP contribution in [0.4, 0.5) is 0 Å². The van der Waals surface area contributed by atoms with E-state index >= 15 is 0 Å². The molecule has 82 valence electrons. The Labute approximate surface area is 112 Å². The fourth-order valence-electron chi connectivity index (χ4n) is 1.12. The zero-order valence-electron chi connectivity index (χ0n) is 8.47. The minimum Gasteiger partial charge on any atom is -0.348 e. The number of amides is 1. The predicted molar refractivity (Wildman–Crippen MR) is 74.5 cm³/mol.